The van der Waals surface area contributed by atoms with Crippen LogP contribution in [0.3, 0.4) is 0 Å². The standard InChI is InChI=1S/C18H14N4O2S2/c19-10-14(11-21-15-6-8-16(9-7-15)26(20,23)24)18-22-17(12-25-18)13-4-2-1-3-5-13/h1-9,11-12,21H,(H2,20,23,24). The van der Waals surface area contributed by atoms with Gasteiger partial charge in [-0.25, -0.2) is 18.5 Å². The number of nitrogens with one attached hydrogen (secondary N) is 1. The molecule has 0 atom stereocenters. The molecular weight excluding hydrogens is 368 g/mol. The van der Waals surface area contributed by atoms with Crippen LogP contribution >= 0.6 is 11.3 Å². The summed E-state index contributed by atoms with van der Waals surface area (Å²) in [6, 6.07) is 17.8. The van der Waals surface area contributed by atoms with Gasteiger partial charge in [0.1, 0.15) is 16.6 Å². The number of aromatic nitrogens is 1. The molecule has 0 saturated carbocycles. The molecule has 0 aliphatic heterocycles. The second kappa shape index (κ2) is 7.49. The fourth-order valence-corrected chi connectivity index (χ4v) is 3.49. The Balaban J connectivity index is 1.79. The largest absolute Gasteiger partial charge is 0.360 e. The summed E-state index contributed by atoms with van der Waals surface area (Å²) in [5, 5.41) is 19.9. The number of hydrogen-bond acceptors (Lipinski definition) is 6. The van der Waals surface area contributed by atoms with E-state index < -0.39 is 10.0 Å². The van der Waals surface area contributed by atoms with E-state index in [1.165, 1.54) is 23.5 Å². The smallest absolute Gasteiger partial charge is 0.238 e. The summed E-state index contributed by atoms with van der Waals surface area (Å²) >= 11 is 1.38. The maximum absolute atomic E-state index is 11.3. The third-order valence-electron chi connectivity index (χ3n) is 3.49. The van der Waals surface area contributed by atoms with Gasteiger partial charge in [-0.3, -0.25) is 0 Å². The summed E-state index contributed by atoms with van der Waals surface area (Å²) in [6.45, 7) is 0. The van der Waals surface area contributed by atoms with Crippen molar-refractivity contribution >= 4 is 32.6 Å². The minimum absolute atomic E-state index is 0.0277. The Morgan fingerprint density at radius 1 is 1.15 bits per heavy atom. The van der Waals surface area contributed by atoms with Crippen LogP contribution in [-0.4, -0.2) is 13.4 Å². The van der Waals surface area contributed by atoms with E-state index >= 15 is 0 Å². The summed E-state index contributed by atoms with van der Waals surface area (Å²) < 4.78 is 22.5. The first-order chi connectivity index (χ1) is 12.5. The average molecular weight is 382 g/mol. The number of nitriles is 1. The molecular formula is C18H14N4O2S2. The molecule has 2 aromatic carbocycles. The zero-order chi connectivity index (χ0) is 18.6. The minimum atomic E-state index is -3.73. The van der Waals surface area contributed by atoms with Crippen LogP contribution in [0.1, 0.15) is 5.01 Å². The van der Waals surface area contributed by atoms with Crippen LogP contribution in [0.25, 0.3) is 16.8 Å². The van der Waals surface area contributed by atoms with Crippen molar-refractivity contribution < 1.29 is 8.42 Å². The first-order valence-corrected chi connectivity index (χ1v) is 9.91. The van der Waals surface area contributed by atoms with Crippen molar-refractivity contribution in [1.82, 2.24) is 4.98 Å². The van der Waals surface area contributed by atoms with Crippen molar-refractivity contribution in [2.75, 3.05) is 5.32 Å². The number of nitrogens with two attached hydrogens (primary N) is 1. The lowest BCUT2D eigenvalue weighted by atomic mass is 10.2. The number of allylic oxidation sites excluding steroid dienone is 1. The Kier molecular flexibility index (Phi) is 5.14. The van der Waals surface area contributed by atoms with Crippen molar-refractivity contribution in [2.45, 2.75) is 4.90 Å². The van der Waals surface area contributed by atoms with Crippen molar-refractivity contribution in [2.24, 2.45) is 5.14 Å². The van der Waals surface area contributed by atoms with E-state index in [0.717, 1.165) is 11.3 Å². The number of hydrogen-bond donors (Lipinski definition) is 2. The van der Waals surface area contributed by atoms with Gasteiger partial charge >= 0.3 is 0 Å². The van der Waals surface area contributed by atoms with Crippen LogP contribution in [0.2, 0.25) is 0 Å². The molecule has 0 aliphatic carbocycles. The van der Waals surface area contributed by atoms with E-state index in [2.05, 4.69) is 16.4 Å². The monoisotopic (exact) mass is 382 g/mol. The Morgan fingerprint density at radius 2 is 1.85 bits per heavy atom. The Bertz CT molecular complexity index is 1080. The maximum Gasteiger partial charge on any atom is 0.238 e. The van der Waals surface area contributed by atoms with E-state index in [-0.39, 0.29) is 4.90 Å². The van der Waals surface area contributed by atoms with Gasteiger partial charge in [-0.15, -0.1) is 11.3 Å². The number of anilines is 1. The van der Waals surface area contributed by atoms with Gasteiger partial charge in [-0.05, 0) is 24.3 Å². The molecule has 6 nitrogen and oxygen atoms in total. The molecule has 0 saturated heterocycles. The molecule has 3 aromatic rings. The van der Waals surface area contributed by atoms with Crippen LogP contribution in [0, 0.1) is 11.3 Å². The van der Waals surface area contributed by atoms with Crippen LogP contribution in [0.4, 0.5) is 5.69 Å². The molecule has 0 aliphatic rings. The third kappa shape index (κ3) is 4.15. The molecule has 8 heteroatoms. The number of nitrogens with zero attached hydrogens (tertiary/aromatic N) is 2. The van der Waals surface area contributed by atoms with Gasteiger partial charge in [0.25, 0.3) is 0 Å². The highest BCUT2D eigenvalue weighted by Gasteiger charge is 2.09. The van der Waals surface area contributed by atoms with E-state index in [1.807, 2.05) is 35.7 Å². The molecule has 1 aromatic heterocycles. The quantitative estimate of drug-likeness (QED) is 0.657. The zero-order valence-corrected chi connectivity index (χ0v) is 15.1. The summed E-state index contributed by atoms with van der Waals surface area (Å²) in [4.78, 5) is 4.53. The summed E-state index contributed by atoms with van der Waals surface area (Å²) in [7, 11) is -3.73. The van der Waals surface area contributed by atoms with Crippen LogP contribution < -0.4 is 10.5 Å². The molecule has 0 radical (unpaired) electrons. The normalized spacial score (nSPS) is 11.8. The van der Waals surface area contributed by atoms with Gasteiger partial charge in [0.05, 0.1) is 10.6 Å². The van der Waals surface area contributed by atoms with Gasteiger partial charge < -0.3 is 5.32 Å². The lowest BCUT2D eigenvalue weighted by Crippen LogP contribution is -2.11. The molecule has 0 bridgehead atoms. The second-order valence-corrected chi connectivity index (χ2v) is 7.71. The van der Waals surface area contributed by atoms with Crippen LogP contribution in [0.5, 0.6) is 0 Å². The molecule has 130 valence electrons. The molecule has 26 heavy (non-hydrogen) atoms. The van der Waals surface area contributed by atoms with E-state index in [9.17, 15) is 13.7 Å². The molecule has 3 N–H and O–H groups in total. The van der Waals surface area contributed by atoms with Crippen molar-refractivity contribution in [3.8, 4) is 17.3 Å². The lowest BCUT2D eigenvalue weighted by molar-refractivity contribution is 0.598. The molecule has 0 amide bonds. The van der Waals surface area contributed by atoms with Crippen LogP contribution in [-0.2, 0) is 10.0 Å². The summed E-state index contributed by atoms with van der Waals surface area (Å²) in [5.41, 5.74) is 2.81. The molecule has 0 spiro atoms. The topological polar surface area (TPSA) is 109 Å². The van der Waals surface area contributed by atoms with E-state index in [4.69, 9.17) is 5.14 Å². The summed E-state index contributed by atoms with van der Waals surface area (Å²) in [6.07, 6.45) is 1.54. The van der Waals surface area contributed by atoms with Gasteiger partial charge in [0.15, 0.2) is 0 Å². The molecule has 0 unspecified atom stereocenters. The highest BCUT2D eigenvalue weighted by molar-refractivity contribution is 7.89. The molecule has 1 heterocycles. The minimum Gasteiger partial charge on any atom is -0.360 e. The van der Waals surface area contributed by atoms with E-state index in [0.29, 0.717) is 16.3 Å². The predicted octanol–water partition coefficient (Wildman–Crippen LogP) is 3.43. The van der Waals surface area contributed by atoms with Gasteiger partial charge in [-0.1, -0.05) is 30.3 Å². The number of sulfonamides is 1. The molecule has 0 fully saturated rings. The summed E-state index contributed by atoms with van der Waals surface area (Å²) in [5.74, 6) is 0. The zero-order valence-electron chi connectivity index (χ0n) is 13.5. The number of rotatable bonds is 5. The second-order valence-electron chi connectivity index (χ2n) is 5.29. The van der Waals surface area contributed by atoms with Crippen molar-refractivity contribution in [3.63, 3.8) is 0 Å². The highest BCUT2D eigenvalue weighted by atomic mass is 32.2. The maximum atomic E-state index is 11.3. The Hall–Kier alpha value is -2.99. The molecule has 3 rings (SSSR count). The first-order valence-electron chi connectivity index (χ1n) is 7.48. The third-order valence-corrected chi connectivity index (χ3v) is 5.30. The Labute approximate surface area is 155 Å². The fourth-order valence-electron chi connectivity index (χ4n) is 2.18. The van der Waals surface area contributed by atoms with E-state index in [1.54, 1.807) is 18.3 Å². The fraction of sp³-hybridized carbons (Fsp3) is 0. The number of thiazole rings is 1. The van der Waals surface area contributed by atoms with Gasteiger partial charge in [-0.2, -0.15) is 5.26 Å². The van der Waals surface area contributed by atoms with Crippen molar-refractivity contribution in [3.05, 3.63) is 71.2 Å². The lowest BCUT2D eigenvalue weighted by Gasteiger charge is -2.03. The van der Waals surface area contributed by atoms with Gasteiger partial charge in [0.2, 0.25) is 10.0 Å². The first kappa shape index (κ1) is 17.8. The predicted molar refractivity (Wildman–Crippen MR) is 103 cm³/mol. The van der Waals surface area contributed by atoms with Crippen LogP contribution in [0.15, 0.2) is 71.1 Å². The van der Waals surface area contributed by atoms with Crippen molar-refractivity contribution in [1.29, 1.82) is 5.26 Å². The average Bonchev–Trinajstić information content (AvgIpc) is 3.13. The highest BCUT2D eigenvalue weighted by Crippen LogP contribution is 2.26. The van der Waals surface area contributed by atoms with Gasteiger partial charge in [0, 0.05) is 22.8 Å². The SMILES string of the molecule is N#CC(=CNc1ccc(S(N)(=O)=O)cc1)c1nc(-c2ccccc2)cs1. The number of primary sulfonamides is 1. The number of benzene rings is 2. The Morgan fingerprint density at radius 3 is 2.46 bits per heavy atom.